The molecule has 1 unspecified atom stereocenters. The second-order valence-corrected chi connectivity index (χ2v) is 6.27. The smallest absolute Gasteiger partial charge is 0.273 e. The van der Waals surface area contributed by atoms with Crippen molar-refractivity contribution in [3.63, 3.8) is 0 Å². The van der Waals surface area contributed by atoms with E-state index in [0.717, 1.165) is 24.4 Å². The molecular weight excluding hydrogens is 304 g/mol. The van der Waals surface area contributed by atoms with E-state index < -0.39 is 0 Å². The zero-order valence-electron chi connectivity index (χ0n) is 12.6. The highest BCUT2D eigenvalue weighted by Gasteiger charge is 2.29. The lowest BCUT2D eigenvalue weighted by Gasteiger charge is -2.30. The van der Waals surface area contributed by atoms with Gasteiger partial charge < -0.3 is 14.2 Å². The number of carbonyl (C=O) groups excluding carboxylic acids is 1. The number of hydrogen-bond donors (Lipinski definition) is 0. The van der Waals surface area contributed by atoms with E-state index >= 15 is 0 Å². The van der Waals surface area contributed by atoms with Gasteiger partial charge in [0, 0.05) is 25.6 Å². The summed E-state index contributed by atoms with van der Waals surface area (Å²) in [6.45, 7) is 3.56. The first-order valence-corrected chi connectivity index (χ1v) is 8.08. The van der Waals surface area contributed by atoms with Crippen LogP contribution in [0.25, 0.3) is 0 Å². The van der Waals surface area contributed by atoms with Crippen molar-refractivity contribution < 1.29 is 14.1 Å². The molecule has 0 spiro atoms. The molecule has 118 valence electrons. The minimum absolute atomic E-state index is 0.0421. The molecule has 1 aliphatic heterocycles. The molecule has 3 rings (SSSR count). The Balaban J connectivity index is 1.69. The average Bonchev–Trinajstić information content (AvgIpc) is 3.16. The summed E-state index contributed by atoms with van der Waals surface area (Å²) in [5.41, 5.74) is 0.486. The predicted molar refractivity (Wildman–Crippen MR) is 79.7 cm³/mol. The van der Waals surface area contributed by atoms with Crippen LogP contribution in [0.4, 0.5) is 0 Å². The molecule has 2 aromatic rings. The third-order valence-electron chi connectivity index (χ3n) is 3.64. The highest BCUT2D eigenvalue weighted by molar-refractivity contribution is 7.09. The van der Waals surface area contributed by atoms with Crippen LogP contribution in [-0.2, 0) is 11.3 Å². The molecule has 0 aromatic carbocycles. The molecule has 8 heteroatoms. The van der Waals surface area contributed by atoms with Crippen LogP contribution in [0.15, 0.2) is 9.90 Å². The average molecular weight is 322 g/mol. The van der Waals surface area contributed by atoms with Crippen molar-refractivity contribution in [3.05, 3.63) is 27.8 Å². The lowest BCUT2D eigenvalue weighted by atomic mass is 9.98. The van der Waals surface area contributed by atoms with Crippen LogP contribution >= 0.6 is 11.3 Å². The molecule has 7 nitrogen and oxygen atoms in total. The van der Waals surface area contributed by atoms with E-state index in [2.05, 4.69) is 15.1 Å². The third-order valence-corrected chi connectivity index (χ3v) is 4.46. The number of ether oxygens (including phenoxy) is 1. The fourth-order valence-corrected chi connectivity index (χ4v) is 3.34. The van der Waals surface area contributed by atoms with Gasteiger partial charge in [0.1, 0.15) is 10.7 Å². The largest absolute Gasteiger partial charge is 0.378 e. The van der Waals surface area contributed by atoms with E-state index in [1.165, 1.54) is 11.3 Å². The van der Waals surface area contributed by atoms with Gasteiger partial charge in [-0.1, -0.05) is 5.16 Å². The monoisotopic (exact) mass is 322 g/mol. The molecule has 22 heavy (non-hydrogen) atoms. The van der Waals surface area contributed by atoms with Gasteiger partial charge in [0.05, 0.1) is 12.5 Å². The Morgan fingerprint density at radius 1 is 1.55 bits per heavy atom. The SMILES string of the molecule is COCc1nc(C(=O)N2CCCC(c3nc(C)no3)C2)cs1. The van der Waals surface area contributed by atoms with Crippen LogP contribution < -0.4 is 0 Å². The Bertz CT molecular complexity index is 654. The number of amides is 1. The van der Waals surface area contributed by atoms with Crippen LogP contribution in [0.2, 0.25) is 0 Å². The van der Waals surface area contributed by atoms with Crippen molar-refractivity contribution in [1.82, 2.24) is 20.0 Å². The lowest BCUT2D eigenvalue weighted by molar-refractivity contribution is 0.0690. The predicted octanol–water partition coefficient (Wildman–Crippen LogP) is 2.00. The van der Waals surface area contributed by atoms with Gasteiger partial charge in [-0.15, -0.1) is 11.3 Å². The molecule has 0 N–H and O–H groups in total. The molecule has 0 radical (unpaired) electrons. The van der Waals surface area contributed by atoms with Crippen molar-refractivity contribution in [3.8, 4) is 0 Å². The zero-order chi connectivity index (χ0) is 15.5. The quantitative estimate of drug-likeness (QED) is 0.856. The van der Waals surface area contributed by atoms with Crippen molar-refractivity contribution in [2.24, 2.45) is 0 Å². The van der Waals surface area contributed by atoms with Gasteiger partial charge in [0.2, 0.25) is 5.89 Å². The van der Waals surface area contributed by atoms with Crippen molar-refractivity contribution in [2.45, 2.75) is 32.3 Å². The van der Waals surface area contributed by atoms with E-state index in [9.17, 15) is 4.79 Å². The molecule has 2 aromatic heterocycles. The number of nitrogens with zero attached hydrogens (tertiary/aromatic N) is 4. The number of rotatable bonds is 4. The Hall–Kier alpha value is -1.80. The highest BCUT2D eigenvalue weighted by atomic mass is 32.1. The fourth-order valence-electron chi connectivity index (χ4n) is 2.60. The summed E-state index contributed by atoms with van der Waals surface area (Å²) >= 11 is 1.44. The molecule has 0 bridgehead atoms. The Morgan fingerprint density at radius 2 is 2.41 bits per heavy atom. The number of carbonyl (C=O) groups is 1. The summed E-state index contributed by atoms with van der Waals surface area (Å²) in [5.74, 6) is 1.31. The van der Waals surface area contributed by atoms with E-state index in [0.29, 0.717) is 30.6 Å². The summed E-state index contributed by atoms with van der Waals surface area (Å²) in [5, 5.41) is 6.43. The molecule has 1 atom stereocenters. The van der Waals surface area contributed by atoms with E-state index in [-0.39, 0.29) is 11.8 Å². The molecular formula is C14H18N4O3S. The number of aryl methyl sites for hydroxylation is 1. The van der Waals surface area contributed by atoms with Crippen molar-refractivity contribution >= 4 is 17.2 Å². The number of hydrogen-bond acceptors (Lipinski definition) is 7. The molecule has 3 heterocycles. The zero-order valence-corrected chi connectivity index (χ0v) is 13.4. The van der Waals surface area contributed by atoms with Gasteiger partial charge in [-0.3, -0.25) is 4.79 Å². The van der Waals surface area contributed by atoms with Crippen molar-refractivity contribution in [1.29, 1.82) is 0 Å². The van der Waals surface area contributed by atoms with E-state index in [1.807, 2.05) is 4.90 Å². The van der Waals surface area contributed by atoms with Gasteiger partial charge in [-0.2, -0.15) is 4.98 Å². The first kappa shape index (κ1) is 15.1. The Morgan fingerprint density at radius 3 is 3.14 bits per heavy atom. The maximum Gasteiger partial charge on any atom is 0.273 e. The number of likely N-dealkylation sites (tertiary alicyclic amines) is 1. The molecule has 0 aliphatic carbocycles. The molecule has 0 saturated carbocycles. The summed E-state index contributed by atoms with van der Waals surface area (Å²) < 4.78 is 10.3. The summed E-state index contributed by atoms with van der Waals surface area (Å²) in [4.78, 5) is 23.0. The maximum atomic E-state index is 12.6. The van der Waals surface area contributed by atoms with Gasteiger partial charge in [-0.25, -0.2) is 4.98 Å². The van der Waals surface area contributed by atoms with E-state index in [4.69, 9.17) is 9.26 Å². The Kier molecular flexibility index (Phi) is 4.49. The summed E-state index contributed by atoms with van der Waals surface area (Å²) in [6.07, 6.45) is 1.88. The maximum absolute atomic E-state index is 12.6. The molecule has 1 amide bonds. The van der Waals surface area contributed by atoms with Crippen LogP contribution in [0.5, 0.6) is 0 Å². The number of methoxy groups -OCH3 is 1. The second-order valence-electron chi connectivity index (χ2n) is 5.33. The van der Waals surface area contributed by atoms with Crippen molar-refractivity contribution in [2.75, 3.05) is 20.2 Å². The fraction of sp³-hybridized carbons (Fsp3) is 0.571. The van der Waals surface area contributed by atoms with Gasteiger partial charge in [0.15, 0.2) is 5.82 Å². The summed E-state index contributed by atoms with van der Waals surface area (Å²) in [7, 11) is 1.62. The molecule has 1 fully saturated rings. The van der Waals surface area contributed by atoms with E-state index in [1.54, 1.807) is 19.4 Å². The summed E-state index contributed by atoms with van der Waals surface area (Å²) in [6, 6.07) is 0. The first-order valence-electron chi connectivity index (χ1n) is 7.20. The van der Waals surface area contributed by atoms with Crippen LogP contribution in [0, 0.1) is 6.92 Å². The molecule has 1 saturated heterocycles. The van der Waals surface area contributed by atoms with Gasteiger partial charge >= 0.3 is 0 Å². The first-order chi connectivity index (χ1) is 10.7. The minimum Gasteiger partial charge on any atom is -0.378 e. The van der Waals surface area contributed by atoms with Crippen LogP contribution in [0.3, 0.4) is 0 Å². The number of piperidine rings is 1. The van der Waals surface area contributed by atoms with Gasteiger partial charge in [0.25, 0.3) is 5.91 Å². The highest BCUT2D eigenvalue weighted by Crippen LogP contribution is 2.26. The van der Waals surface area contributed by atoms with Crippen LogP contribution in [0.1, 0.15) is 46.0 Å². The normalized spacial score (nSPS) is 18.6. The standard InChI is InChI=1S/C14H18N4O3S/c1-9-15-13(21-17-9)10-4-3-5-18(6-10)14(19)11-8-22-12(16-11)7-20-2/h8,10H,3-7H2,1-2H3. The Labute approximate surface area is 132 Å². The topological polar surface area (TPSA) is 81.4 Å². The third kappa shape index (κ3) is 3.17. The lowest BCUT2D eigenvalue weighted by Crippen LogP contribution is -2.39. The minimum atomic E-state index is -0.0421. The second kappa shape index (κ2) is 6.53. The van der Waals surface area contributed by atoms with Crippen LogP contribution in [-0.4, -0.2) is 46.1 Å². The number of aromatic nitrogens is 3. The number of thiazole rings is 1. The van der Waals surface area contributed by atoms with Gasteiger partial charge in [-0.05, 0) is 19.8 Å². The molecule has 1 aliphatic rings.